The van der Waals surface area contributed by atoms with Gasteiger partial charge in [0.2, 0.25) is 0 Å². The summed E-state index contributed by atoms with van der Waals surface area (Å²) in [4.78, 5) is 29.4. The lowest BCUT2D eigenvalue weighted by molar-refractivity contribution is -0.777. The summed E-state index contributed by atoms with van der Waals surface area (Å²) in [6.45, 7) is 0. The molecule has 0 spiro atoms. The van der Waals surface area contributed by atoms with Crippen molar-refractivity contribution in [3.05, 3.63) is 56.1 Å². The van der Waals surface area contributed by atoms with E-state index in [9.17, 15) is 25.0 Å². The summed E-state index contributed by atoms with van der Waals surface area (Å²) >= 11 is 0. The third kappa shape index (κ3) is 2.19. The Kier molecular flexibility index (Phi) is 3.37. The van der Waals surface area contributed by atoms with Crippen LogP contribution in [0.25, 0.3) is 0 Å². The highest BCUT2D eigenvalue weighted by molar-refractivity contribution is 5.75. The van der Waals surface area contributed by atoms with Crippen LogP contribution in [0.1, 0.15) is 5.56 Å². The third-order valence-corrected chi connectivity index (χ3v) is 2.24. The topological polar surface area (TPSA) is 124 Å². The van der Waals surface area contributed by atoms with Gasteiger partial charge in [0.15, 0.2) is 0 Å². The number of aliphatic carboxylic acids is 1. The van der Waals surface area contributed by atoms with Crippen molar-refractivity contribution < 1.29 is 19.7 Å². The fourth-order valence-corrected chi connectivity index (χ4v) is 1.31. The van der Waals surface area contributed by atoms with E-state index >= 15 is 0 Å². The number of hydrogen-bond donors (Lipinski definition) is 1. The van der Waals surface area contributed by atoms with Gasteiger partial charge < -0.3 is 5.11 Å². The molecule has 8 heteroatoms. The number of hydrogen-bond acceptors (Lipinski definition) is 5. The van der Waals surface area contributed by atoms with Crippen molar-refractivity contribution in [2.75, 3.05) is 0 Å². The van der Waals surface area contributed by atoms with E-state index in [2.05, 4.69) is 0 Å². The summed E-state index contributed by atoms with van der Waals surface area (Å²) in [5, 5.41) is 30.1. The Morgan fingerprint density at radius 3 is 2.00 bits per heavy atom. The SMILES string of the molecule is O=C(O)C(Cc1ccccc1)([N+](=O)[O-])[N+](=O)[O-]. The van der Waals surface area contributed by atoms with E-state index in [4.69, 9.17) is 5.11 Å². The Balaban J connectivity index is 3.21. The summed E-state index contributed by atoms with van der Waals surface area (Å²) in [5.74, 6) is -2.09. The highest BCUT2D eigenvalue weighted by Crippen LogP contribution is 2.18. The van der Waals surface area contributed by atoms with Crippen molar-refractivity contribution in [1.29, 1.82) is 0 Å². The molecule has 0 saturated carbocycles. The van der Waals surface area contributed by atoms with E-state index in [-0.39, 0.29) is 5.56 Å². The molecule has 0 aliphatic heterocycles. The fourth-order valence-electron chi connectivity index (χ4n) is 1.31. The van der Waals surface area contributed by atoms with E-state index in [1.807, 2.05) is 0 Å². The predicted octanol–water partition coefficient (Wildman–Crippen LogP) is 0.563. The first-order valence-corrected chi connectivity index (χ1v) is 4.47. The van der Waals surface area contributed by atoms with Crippen LogP contribution in [0.5, 0.6) is 0 Å². The molecule has 0 fully saturated rings. The van der Waals surface area contributed by atoms with Crippen LogP contribution in [0.4, 0.5) is 0 Å². The van der Waals surface area contributed by atoms with Gasteiger partial charge >= 0.3 is 11.6 Å². The molecule has 8 nitrogen and oxygen atoms in total. The molecule has 90 valence electrons. The van der Waals surface area contributed by atoms with Crippen molar-refractivity contribution in [1.82, 2.24) is 0 Å². The van der Waals surface area contributed by atoms with Crippen LogP contribution in [0.15, 0.2) is 30.3 Å². The van der Waals surface area contributed by atoms with E-state index in [1.165, 1.54) is 24.3 Å². The average molecular weight is 240 g/mol. The highest BCUT2D eigenvalue weighted by atomic mass is 16.7. The first-order chi connectivity index (χ1) is 7.91. The smallest absolute Gasteiger partial charge is 0.470 e. The van der Waals surface area contributed by atoms with Gasteiger partial charge in [-0.2, -0.15) is 0 Å². The van der Waals surface area contributed by atoms with Gasteiger partial charge in [0.05, 0.1) is 0 Å². The molecule has 0 aliphatic rings. The van der Waals surface area contributed by atoms with Gasteiger partial charge in [0.25, 0.3) is 0 Å². The number of rotatable bonds is 5. The van der Waals surface area contributed by atoms with Crippen LogP contribution in [0.3, 0.4) is 0 Å². The summed E-state index contributed by atoms with van der Waals surface area (Å²) in [6, 6.07) is 7.43. The molecule has 1 rings (SSSR count). The minimum absolute atomic E-state index is 0.211. The number of nitro groups is 2. The Bertz CT molecular complexity index is 422. The molecule has 0 atom stereocenters. The highest BCUT2D eigenvalue weighted by Gasteiger charge is 2.64. The van der Waals surface area contributed by atoms with Crippen molar-refractivity contribution in [3.8, 4) is 0 Å². The maximum atomic E-state index is 10.8. The minimum atomic E-state index is -3.23. The molecule has 0 bridgehead atoms. The zero-order valence-corrected chi connectivity index (χ0v) is 8.48. The second kappa shape index (κ2) is 4.56. The Hall–Kier alpha value is -2.51. The monoisotopic (exact) mass is 240 g/mol. The zero-order chi connectivity index (χ0) is 13.1. The van der Waals surface area contributed by atoms with Gasteiger partial charge in [-0.25, -0.2) is 4.79 Å². The van der Waals surface area contributed by atoms with Gasteiger partial charge in [-0.3, -0.25) is 20.2 Å². The molecule has 17 heavy (non-hydrogen) atoms. The normalized spacial score (nSPS) is 10.8. The Morgan fingerprint density at radius 2 is 1.65 bits per heavy atom. The van der Waals surface area contributed by atoms with E-state index in [0.717, 1.165) is 0 Å². The van der Waals surface area contributed by atoms with Crippen LogP contribution in [-0.2, 0) is 11.2 Å². The lowest BCUT2D eigenvalue weighted by Gasteiger charge is -2.12. The first kappa shape index (κ1) is 12.6. The lowest BCUT2D eigenvalue weighted by atomic mass is 10.0. The molecule has 0 amide bonds. The molecular weight excluding hydrogens is 232 g/mol. The maximum absolute atomic E-state index is 10.8. The summed E-state index contributed by atoms with van der Waals surface area (Å²) in [6.07, 6.45) is -0.802. The van der Waals surface area contributed by atoms with Crippen LogP contribution in [0, 0.1) is 20.2 Å². The standard InChI is InChI=1S/C9H8N2O6/c12-8(13)9(10(14)15,11(16)17)6-7-4-2-1-3-5-7/h1-5H,6H2,(H,12,13). The van der Waals surface area contributed by atoms with Crippen LogP contribution in [-0.4, -0.2) is 26.6 Å². The largest absolute Gasteiger partial charge is 0.556 e. The summed E-state index contributed by atoms with van der Waals surface area (Å²) in [7, 11) is 0. The van der Waals surface area contributed by atoms with E-state index in [0.29, 0.717) is 0 Å². The molecule has 0 saturated heterocycles. The van der Waals surface area contributed by atoms with Crippen molar-refractivity contribution in [3.63, 3.8) is 0 Å². The molecular formula is C9H8N2O6. The maximum Gasteiger partial charge on any atom is 0.556 e. The fraction of sp³-hybridized carbons (Fsp3) is 0.222. The molecule has 0 heterocycles. The van der Waals surface area contributed by atoms with Crippen LogP contribution < -0.4 is 0 Å². The van der Waals surface area contributed by atoms with Gasteiger partial charge in [-0.15, -0.1) is 0 Å². The number of nitrogens with zero attached hydrogens (tertiary/aromatic N) is 2. The van der Waals surface area contributed by atoms with Crippen molar-refractivity contribution in [2.45, 2.75) is 12.1 Å². The van der Waals surface area contributed by atoms with Gasteiger partial charge in [0, 0.05) is 0 Å². The molecule has 0 radical (unpaired) electrons. The summed E-state index contributed by atoms with van der Waals surface area (Å²) in [5.41, 5.74) is -3.02. The molecule has 0 aliphatic carbocycles. The molecule has 1 aromatic carbocycles. The van der Waals surface area contributed by atoms with E-state index < -0.39 is 27.9 Å². The second-order valence-electron chi connectivity index (χ2n) is 3.30. The van der Waals surface area contributed by atoms with Gasteiger partial charge in [-0.1, -0.05) is 30.3 Å². The van der Waals surface area contributed by atoms with Gasteiger partial charge in [-0.05, 0) is 5.56 Å². The van der Waals surface area contributed by atoms with Crippen molar-refractivity contribution in [2.24, 2.45) is 0 Å². The molecule has 1 aromatic rings. The zero-order valence-electron chi connectivity index (χ0n) is 8.48. The number of carboxylic acid groups (broad SMARTS) is 1. The first-order valence-electron chi connectivity index (χ1n) is 4.47. The molecule has 0 unspecified atom stereocenters. The predicted molar refractivity (Wildman–Crippen MR) is 54.5 cm³/mol. The van der Waals surface area contributed by atoms with E-state index in [1.54, 1.807) is 6.07 Å². The molecule has 0 aromatic heterocycles. The number of carbonyl (C=O) groups is 1. The van der Waals surface area contributed by atoms with Crippen LogP contribution in [0.2, 0.25) is 0 Å². The Morgan fingerprint density at radius 1 is 1.18 bits per heavy atom. The van der Waals surface area contributed by atoms with Crippen molar-refractivity contribution >= 4 is 5.97 Å². The van der Waals surface area contributed by atoms with Gasteiger partial charge in [0.1, 0.15) is 16.3 Å². The molecule has 1 N–H and O–H groups in total. The Labute approximate surface area is 94.8 Å². The summed E-state index contributed by atoms with van der Waals surface area (Å²) < 4.78 is 0. The second-order valence-corrected chi connectivity index (χ2v) is 3.30. The minimum Gasteiger partial charge on any atom is -0.470 e. The average Bonchev–Trinajstić information content (AvgIpc) is 2.25. The third-order valence-electron chi connectivity index (χ3n) is 2.24. The number of carboxylic acids is 1. The quantitative estimate of drug-likeness (QED) is 0.455. The number of benzene rings is 1. The van der Waals surface area contributed by atoms with Crippen LogP contribution >= 0.6 is 0 Å². The lowest BCUT2D eigenvalue weighted by Crippen LogP contribution is -2.55.